The van der Waals surface area contributed by atoms with E-state index < -0.39 is 0 Å². The van der Waals surface area contributed by atoms with Crippen LogP contribution in [0.25, 0.3) is 21.5 Å². The molecule has 0 bridgehead atoms. The Hall–Kier alpha value is -3.00. The van der Waals surface area contributed by atoms with Crippen LogP contribution in [0.2, 0.25) is 0 Å². The standard InChI is InChI=1S/C21H15NO/c1-22-18-12-10-14-6-2-4-8-16(14)20(18)23-21-17-9-5-3-7-15(17)11-13-19(21)22/h2-13H,1H3. The Morgan fingerprint density at radius 3 is 1.61 bits per heavy atom. The van der Waals surface area contributed by atoms with Gasteiger partial charge in [0.2, 0.25) is 0 Å². The molecule has 0 aromatic heterocycles. The highest BCUT2D eigenvalue weighted by molar-refractivity contribution is 6.01. The number of hydrogen-bond acceptors (Lipinski definition) is 2. The zero-order valence-corrected chi connectivity index (χ0v) is 12.8. The van der Waals surface area contributed by atoms with Crippen molar-refractivity contribution in [3.8, 4) is 11.5 Å². The van der Waals surface area contributed by atoms with Crippen LogP contribution in [0.4, 0.5) is 11.4 Å². The maximum Gasteiger partial charge on any atom is 0.159 e. The van der Waals surface area contributed by atoms with Gasteiger partial charge in [0.1, 0.15) is 0 Å². The second kappa shape index (κ2) is 4.50. The van der Waals surface area contributed by atoms with E-state index in [0.717, 1.165) is 33.6 Å². The Bertz CT molecular complexity index is 983. The molecule has 0 saturated heterocycles. The molecule has 0 unspecified atom stereocenters. The highest BCUT2D eigenvalue weighted by Crippen LogP contribution is 2.51. The summed E-state index contributed by atoms with van der Waals surface area (Å²) in [6.45, 7) is 0. The third-order valence-electron chi connectivity index (χ3n) is 4.64. The average molecular weight is 297 g/mol. The zero-order chi connectivity index (χ0) is 15.4. The Kier molecular flexibility index (Phi) is 2.45. The van der Waals surface area contributed by atoms with Crippen LogP contribution in [0.3, 0.4) is 0 Å². The van der Waals surface area contributed by atoms with E-state index in [0.29, 0.717) is 0 Å². The first-order valence-corrected chi connectivity index (χ1v) is 7.78. The van der Waals surface area contributed by atoms with Gasteiger partial charge in [-0.05, 0) is 22.9 Å². The molecular formula is C21H15NO. The molecule has 0 N–H and O–H groups in total. The lowest BCUT2D eigenvalue weighted by atomic mass is 10.0. The zero-order valence-electron chi connectivity index (χ0n) is 12.8. The van der Waals surface area contributed by atoms with Gasteiger partial charge in [-0.15, -0.1) is 0 Å². The molecule has 0 spiro atoms. The lowest BCUT2D eigenvalue weighted by Crippen LogP contribution is -2.15. The van der Waals surface area contributed by atoms with Crippen molar-refractivity contribution in [3.05, 3.63) is 72.8 Å². The Balaban J connectivity index is 1.85. The van der Waals surface area contributed by atoms with Gasteiger partial charge in [-0.1, -0.05) is 60.7 Å². The molecule has 0 fully saturated rings. The van der Waals surface area contributed by atoms with Crippen LogP contribution < -0.4 is 9.64 Å². The molecule has 4 aromatic carbocycles. The predicted molar refractivity (Wildman–Crippen MR) is 96.0 cm³/mol. The normalized spacial score (nSPS) is 12.8. The summed E-state index contributed by atoms with van der Waals surface area (Å²) in [6.07, 6.45) is 0. The molecule has 2 heteroatoms. The molecule has 4 aromatic rings. The van der Waals surface area contributed by atoms with Crippen molar-refractivity contribution in [1.29, 1.82) is 0 Å². The van der Waals surface area contributed by atoms with Crippen LogP contribution in [0, 0.1) is 0 Å². The molecule has 1 aliphatic rings. The van der Waals surface area contributed by atoms with E-state index in [-0.39, 0.29) is 0 Å². The van der Waals surface area contributed by atoms with E-state index in [9.17, 15) is 0 Å². The fraction of sp³-hybridized carbons (Fsp3) is 0.0476. The smallest absolute Gasteiger partial charge is 0.159 e. The first-order valence-electron chi connectivity index (χ1n) is 7.78. The minimum Gasteiger partial charge on any atom is -0.452 e. The SMILES string of the molecule is CN1c2ccc3ccccc3c2Oc2c1ccc1ccccc21. The molecule has 0 saturated carbocycles. The van der Waals surface area contributed by atoms with Gasteiger partial charge in [-0.3, -0.25) is 0 Å². The maximum absolute atomic E-state index is 6.43. The molecule has 1 heterocycles. The summed E-state index contributed by atoms with van der Waals surface area (Å²) in [4.78, 5) is 2.22. The topological polar surface area (TPSA) is 12.5 Å². The van der Waals surface area contributed by atoms with Crippen molar-refractivity contribution in [2.75, 3.05) is 11.9 Å². The summed E-state index contributed by atoms with van der Waals surface area (Å²) in [5, 5.41) is 4.69. The van der Waals surface area contributed by atoms with E-state index in [4.69, 9.17) is 4.74 Å². The highest BCUT2D eigenvalue weighted by atomic mass is 16.5. The van der Waals surface area contributed by atoms with Crippen LogP contribution in [0.1, 0.15) is 0 Å². The van der Waals surface area contributed by atoms with Crippen molar-refractivity contribution in [2.24, 2.45) is 0 Å². The molecule has 0 aliphatic carbocycles. The van der Waals surface area contributed by atoms with Gasteiger partial charge < -0.3 is 9.64 Å². The van der Waals surface area contributed by atoms with Crippen LogP contribution in [0.15, 0.2) is 72.8 Å². The van der Waals surface area contributed by atoms with E-state index in [1.165, 1.54) is 10.8 Å². The van der Waals surface area contributed by atoms with E-state index in [1.54, 1.807) is 0 Å². The second-order valence-electron chi connectivity index (χ2n) is 5.93. The van der Waals surface area contributed by atoms with E-state index >= 15 is 0 Å². The number of benzene rings is 4. The second-order valence-corrected chi connectivity index (χ2v) is 5.93. The molecular weight excluding hydrogens is 282 g/mol. The molecule has 0 radical (unpaired) electrons. The molecule has 0 atom stereocenters. The first-order chi connectivity index (χ1) is 11.3. The number of fused-ring (bicyclic) bond motifs is 6. The summed E-state index contributed by atoms with van der Waals surface area (Å²) in [5.41, 5.74) is 2.21. The third kappa shape index (κ3) is 1.69. The summed E-state index contributed by atoms with van der Waals surface area (Å²) in [6, 6.07) is 25.3. The fourth-order valence-corrected chi connectivity index (χ4v) is 3.44. The van der Waals surface area contributed by atoms with Gasteiger partial charge in [-0.2, -0.15) is 0 Å². The monoisotopic (exact) mass is 297 g/mol. The molecule has 5 rings (SSSR count). The number of nitrogens with zero attached hydrogens (tertiary/aromatic N) is 1. The van der Waals surface area contributed by atoms with Crippen molar-refractivity contribution < 1.29 is 4.74 Å². The van der Waals surface area contributed by atoms with Gasteiger partial charge in [0, 0.05) is 17.8 Å². The third-order valence-corrected chi connectivity index (χ3v) is 4.64. The van der Waals surface area contributed by atoms with Crippen LogP contribution >= 0.6 is 0 Å². The highest BCUT2D eigenvalue weighted by Gasteiger charge is 2.24. The number of rotatable bonds is 0. The number of hydrogen-bond donors (Lipinski definition) is 0. The van der Waals surface area contributed by atoms with Crippen molar-refractivity contribution in [1.82, 2.24) is 0 Å². The minimum absolute atomic E-state index is 0.939. The van der Waals surface area contributed by atoms with Gasteiger partial charge >= 0.3 is 0 Å². The quantitative estimate of drug-likeness (QED) is 0.402. The van der Waals surface area contributed by atoms with Crippen molar-refractivity contribution in [2.45, 2.75) is 0 Å². The number of anilines is 2. The molecule has 0 amide bonds. The predicted octanol–water partition coefficient (Wildman–Crippen LogP) is 5.87. The Morgan fingerprint density at radius 1 is 0.609 bits per heavy atom. The van der Waals surface area contributed by atoms with Gasteiger partial charge in [-0.25, -0.2) is 0 Å². The Morgan fingerprint density at radius 2 is 1.09 bits per heavy atom. The Labute approximate surface area is 134 Å². The summed E-state index contributed by atoms with van der Waals surface area (Å²) < 4.78 is 6.43. The fourth-order valence-electron chi connectivity index (χ4n) is 3.44. The summed E-state index contributed by atoms with van der Waals surface area (Å²) in [5.74, 6) is 1.88. The van der Waals surface area contributed by atoms with E-state index in [2.05, 4.69) is 84.7 Å². The van der Waals surface area contributed by atoms with E-state index in [1.807, 2.05) is 0 Å². The van der Waals surface area contributed by atoms with Gasteiger partial charge in [0.25, 0.3) is 0 Å². The lowest BCUT2D eigenvalue weighted by Gasteiger charge is -2.31. The lowest BCUT2D eigenvalue weighted by molar-refractivity contribution is 0.487. The van der Waals surface area contributed by atoms with Crippen molar-refractivity contribution in [3.63, 3.8) is 0 Å². The minimum atomic E-state index is 0.939. The maximum atomic E-state index is 6.43. The summed E-state index contributed by atoms with van der Waals surface area (Å²) in [7, 11) is 2.10. The molecule has 110 valence electrons. The first kappa shape index (κ1) is 12.5. The average Bonchev–Trinajstić information content (AvgIpc) is 2.61. The van der Waals surface area contributed by atoms with Crippen molar-refractivity contribution >= 4 is 32.9 Å². The van der Waals surface area contributed by atoms with Crippen LogP contribution in [0.5, 0.6) is 11.5 Å². The largest absolute Gasteiger partial charge is 0.452 e. The molecule has 23 heavy (non-hydrogen) atoms. The van der Waals surface area contributed by atoms with Crippen LogP contribution in [-0.2, 0) is 0 Å². The van der Waals surface area contributed by atoms with Gasteiger partial charge in [0.05, 0.1) is 11.4 Å². The van der Waals surface area contributed by atoms with Gasteiger partial charge in [0.15, 0.2) is 11.5 Å². The number of ether oxygens (including phenoxy) is 1. The molecule has 2 nitrogen and oxygen atoms in total. The summed E-state index contributed by atoms with van der Waals surface area (Å²) >= 11 is 0. The molecule has 1 aliphatic heterocycles. The van der Waals surface area contributed by atoms with Crippen LogP contribution in [-0.4, -0.2) is 7.05 Å².